The lowest BCUT2D eigenvalue weighted by molar-refractivity contribution is -0.136. The Morgan fingerprint density at radius 3 is 2.71 bits per heavy atom. The fourth-order valence-corrected chi connectivity index (χ4v) is 2.52. The summed E-state index contributed by atoms with van der Waals surface area (Å²) in [6.07, 6.45) is 0.791. The van der Waals surface area contributed by atoms with Gasteiger partial charge in [-0.25, -0.2) is 0 Å². The molecule has 17 heavy (non-hydrogen) atoms. The molecule has 0 bridgehead atoms. The van der Waals surface area contributed by atoms with E-state index in [1.165, 1.54) is 0 Å². The van der Waals surface area contributed by atoms with Crippen molar-refractivity contribution < 1.29 is 9.90 Å². The van der Waals surface area contributed by atoms with E-state index >= 15 is 0 Å². The van der Waals surface area contributed by atoms with Crippen LogP contribution in [0.3, 0.4) is 0 Å². The Morgan fingerprint density at radius 1 is 1.41 bits per heavy atom. The number of carbonyl (C=O) groups is 1. The van der Waals surface area contributed by atoms with E-state index in [-0.39, 0.29) is 18.2 Å². The van der Waals surface area contributed by atoms with Gasteiger partial charge in [0, 0.05) is 5.02 Å². The van der Waals surface area contributed by atoms with Gasteiger partial charge in [0.15, 0.2) is 5.78 Å². The molecule has 1 saturated carbocycles. The zero-order valence-corrected chi connectivity index (χ0v) is 10.8. The van der Waals surface area contributed by atoms with Crippen LogP contribution in [0.4, 0.5) is 0 Å². The number of rotatable bonds is 1. The highest BCUT2D eigenvalue weighted by molar-refractivity contribution is 6.31. The van der Waals surface area contributed by atoms with E-state index in [4.69, 9.17) is 17.3 Å². The zero-order chi connectivity index (χ0) is 11.8. The number of aliphatic hydroxyl groups excluding tert-OH is 1. The van der Waals surface area contributed by atoms with Gasteiger partial charge in [0.05, 0.1) is 0 Å². The molecule has 0 saturated heterocycles. The number of benzene rings is 1. The molecular weight excluding hydrogens is 261 g/mol. The number of Topliss-reactive ketones (excluding diaryl/α,β-unsaturated/α-hetero) is 1. The van der Waals surface area contributed by atoms with Crippen molar-refractivity contribution in [3.63, 3.8) is 0 Å². The molecule has 0 radical (unpaired) electrons. The van der Waals surface area contributed by atoms with E-state index < -0.39 is 11.6 Å². The number of carbonyl (C=O) groups excluding carboxylic acids is 1. The molecule has 1 aromatic carbocycles. The van der Waals surface area contributed by atoms with Crippen LogP contribution in [-0.4, -0.2) is 17.0 Å². The standard InChI is InChI=1S/C12H14ClNO2.ClH/c13-9-5-2-1-4-8(9)12(14)7-3-6-10(15)11(12)16;/h1-2,4-5,10,15H,3,6-7,14H2;1H/t10?,12-;/m1./s1. The predicted molar refractivity (Wildman–Crippen MR) is 69.4 cm³/mol. The molecule has 0 aromatic heterocycles. The van der Waals surface area contributed by atoms with Gasteiger partial charge in [-0.1, -0.05) is 29.8 Å². The lowest BCUT2D eigenvalue weighted by Gasteiger charge is -2.35. The van der Waals surface area contributed by atoms with Crippen molar-refractivity contribution in [3.8, 4) is 0 Å². The molecule has 0 spiro atoms. The average Bonchev–Trinajstić information content (AvgIpc) is 2.26. The summed E-state index contributed by atoms with van der Waals surface area (Å²) in [5.41, 5.74) is 5.60. The Balaban J connectivity index is 0.00000144. The lowest BCUT2D eigenvalue weighted by Crippen LogP contribution is -2.52. The molecular formula is C12H15Cl2NO2. The molecule has 1 unspecified atom stereocenters. The van der Waals surface area contributed by atoms with E-state index in [1.807, 2.05) is 0 Å². The van der Waals surface area contributed by atoms with Crippen molar-refractivity contribution in [2.24, 2.45) is 5.73 Å². The van der Waals surface area contributed by atoms with Crippen LogP contribution in [0.5, 0.6) is 0 Å². The van der Waals surface area contributed by atoms with Crippen LogP contribution < -0.4 is 5.73 Å². The van der Waals surface area contributed by atoms with Crippen LogP contribution in [-0.2, 0) is 10.3 Å². The highest BCUT2D eigenvalue weighted by Crippen LogP contribution is 2.35. The van der Waals surface area contributed by atoms with Gasteiger partial charge in [-0.3, -0.25) is 4.79 Å². The van der Waals surface area contributed by atoms with Crippen LogP contribution in [0.1, 0.15) is 24.8 Å². The third-order valence-corrected chi connectivity index (χ3v) is 3.48. The van der Waals surface area contributed by atoms with Gasteiger partial charge in [-0.2, -0.15) is 0 Å². The number of halogens is 2. The van der Waals surface area contributed by atoms with E-state index in [0.717, 1.165) is 6.42 Å². The molecule has 0 aliphatic heterocycles. The monoisotopic (exact) mass is 275 g/mol. The number of hydrogen-bond acceptors (Lipinski definition) is 3. The van der Waals surface area contributed by atoms with Crippen molar-refractivity contribution >= 4 is 29.8 Å². The highest BCUT2D eigenvalue weighted by Gasteiger charge is 2.43. The fourth-order valence-electron chi connectivity index (χ4n) is 2.22. The van der Waals surface area contributed by atoms with Crippen LogP contribution in [0.2, 0.25) is 5.02 Å². The topological polar surface area (TPSA) is 63.3 Å². The Hall–Kier alpha value is -0.610. The zero-order valence-electron chi connectivity index (χ0n) is 9.23. The van der Waals surface area contributed by atoms with E-state index in [2.05, 4.69) is 0 Å². The van der Waals surface area contributed by atoms with Gasteiger partial charge >= 0.3 is 0 Å². The van der Waals surface area contributed by atoms with Gasteiger partial charge in [0.25, 0.3) is 0 Å². The summed E-state index contributed by atoms with van der Waals surface area (Å²) in [5, 5.41) is 10.1. The summed E-state index contributed by atoms with van der Waals surface area (Å²) in [6.45, 7) is 0. The molecule has 0 heterocycles. The predicted octanol–water partition coefficient (Wildman–Crippen LogP) is 2.03. The first-order valence-corrected chi connectivity index (χ1v) is 5.70. The van der Waals surface area contributed by atoms with E-state index in [9.17, 15) is 9.90 Å². The van der Waals surface area contributed by atoms with Crippen molar-refractivity contribution in [2.75, 3.05) is 0 Å². The maximum Gasteiger partial charge on any atom is 0.185 e. The van der Waals surface area contributed by atoms with Gasteiger partial charge in [0.2, 0.25) is 0 Å². The minimum atomic E-state index is -1.13. The van der Waals surface area contributed by atoms with Crippen molar-refractivity contribution in [3.05, 3.63) is 34.9 Å². The third-order valence-electron chi connectivity index (χ3n) is 3.15. The minimum Gasteiger partial charge on any atom is -0.385 e. The molecule has 3 N–H and O–H groups in total. The number of aliphatic hydroxyl groups is 1. The summed E-state index contributed by atoms with van der Waals surface area (Å²) in [7, 11) is 0. The second-order valence-corrected chi connectivity index (χ2v) is 4.63. The summed E-state index contributed by atoms with van der Waals surface area (Å²) < 4.78 is 0. The Labute approximate surface area is 111 Å². The average molecular weight is 276 g/mol. The van der Waals surface area contributed by atoms with E-state index in [1.54, 1.807) is 24.3 Å². The lowest BCUT2D eigenvalue weighted by atomic mass is 9.75. The molecule has 3 nitrogen and oxygen atoms in total. The van der Waals surface area contributed by atoms with Gasteiger partial charge in [-0.15, -0.1) is 12.4 Å². The molecule has 2 rings (SSSR count). The first-order chi connectivity index (χ1) is 7.55. The maximum atomic E-state index is 12.0. The normalized spacial score (nSPS) is 28.6. The van der Waals surface area contributed by atoms with Crippen LogP contribution in [0, 0.1) is 0 Å². The highest BCUT2D eigenvalue weighted by atomic mass is 35.5. The summed E-state index contributed by atoms with van der Waals surface area (Å²) in [4.78, 5) is 12.0. The summed E-state index contributed by atoms with van der Waals surface area (Å²) in [6, 6.07) is 7.04. The first-order valence-electron chi connectivity index (χ1n) is 5.32. The molecule has 5 heteroatoms. The van der Waals surface area contributed by atoms with Crippen LogP contribution in [0.25, 0.3) is 0 Å². The first kappa shape index (κ1) is 14.5. The quantitative estimate of drug-likeness (QED) is 0.825. The SMILES string of the molecule is Cl.N[C@@]1(c2ccccc2Cl)CCCC(O)C1=O. The molecule has 1 aliphatic carbocycles. The molecule has 1 fully saturated rings. The minimum absolute atomic E-state index is 0. The largest absolute Gasteiger partial charge is 0.385 e. The molecule has 0 amide bonds. The smallest absolute Gasteiger partial charge is 0.185 e. The number of ketones is 1. The Kier molecular flexibility index (Phi) is 4.55. The van der Waals surface area contributed by atoms with Crippen LogP contribution >= 0.6 is 24.0 Å². The molecule has 1 aromatic rings. The number of nitrogens with two attached hydrogens (primary N) is 1. The van der Waals surface area contributed by atoms with Gasteiger partial charge in [0.1, 0.15) is 11.6 Å². The Bertz CT molecular complexity index is 425. The molecule has 2 atom stereocenters. The second kappa shape index (κ2) is 5.36. The van der Waals surface area contributed by atoms with Crippen molar-refractivity contribution in [1.82, 2.24) is 0 Å². The van der Waals surface area contributed by atoms with Gasteiger partial charge < -0.3 is 10.8 Å². The fraction of sp³-hybridized carbons (Fsp3) is 0.417. The molecule has 94 valence electrons. The van der Waals surface area contributed by atoms with Crippen molar-refractivity contribution in [2.45, 2.75) is 30.9 Å². The molecule has 1 aliphatic rings. The summed E-state index contributed by atoms with van der Waals surface area (Å²) in [5.74, 6) is -0.327. The Morgan fingerprint density at radius 2 is 2.06 bits per heavy atom. The van der Waals surface area contributed by atoms with Crippen molar-refractivity contribution in [1.29, 1.82) is 0 Å². The van der Waals surface area contributed by atoms with Crippen LogP contribution in [0.15, 0.2) is 24.3 Å². The number of hydrogen-bond donors (Lipinski definition) is 2. The second-order valence-electron chi connectivity index (χ2n) is 4.22. The van der Waals surface area contributed by atoms with E-state index in [0.29, 0.717) is 23.4 Å². The summed E-state index contributed by atoms with van der Waals surface area (Å²) >= 11 is 6.05. The van der Waals surface area contributed by atoms with Gasteiger partial charge in [-0.05, 0) is 30.9 Å². The maximum absolute atomic E-state index is 12.0. The third kappa shape index (κ3) is 2.47.